The van der Waals surface area contributed by atoms with E-state index in [4.69, 9.17) is 4.99 Å². The number of guanidine groups is 1. The zero-order valence-corrected chi connectivity index (χ0v) is 18.9. The summed E-state index contributed by atoms with van der Waals surface area (Å²) in [6, 6.07) is 9.77. The summed E-state index contributed by atoms with van der Waals surface area (Å²) >= 11 is 0. The highest BCUT2D eigenvalue weighted by molar-refractivity contribution is 6.03. The molecule has 3 aliphatic rings. The highest BCUT2D eigenvalue weighted by Gasteiger charge is 2.51. The smallest absolute Gasteiger partial charge is 0.328 e. The molecule has 0 saturated carbocycles. The van der Waals surface area contributed by atoms with Gasteiger partial charge in [0.2, 0.25) is 0 Å². The lowest BCUT2D eigenvalue weighted by Gasteiger charge is -2.42. The molecule has 2 unspecified atom stereocenters. The van der Waals surface area contributed by atoms with Gasteiger partial charge in [0.25, 0.3) is 5.91 Å². The number of aliphatic imine (C=N–C) groups is 1. The maximum Gasteiger partial charge on any atom is 0.328 e. The van der Waals surface area contributed by atoms with Gasteiger partial charge in [-0.2, -0.15) is 0 Å². The molecule has 0 N–H and O–H groups in total. The van der Waals surface area contributed by atoms with Gasteiger partial charge in [0.15, 0.2) is 18.2 Å². The fourth-order valence-corrected chi connectivity index (χ4v) is 4.76. The lowest BCUT2D eigenvalue weighted by Crippen LogP contribution is -2.65. The number of rotatable bonds is 6. The summed E-state index contributed by atoms with van der Waals surface area (Å²) in [5, 5.41) is 0. The number of carbonyl (C=O) groups excluding carboxylic acids is 2. The first-order chi connectivity index (χ1) is 15.0. The molecule has 4 rings (SSSR count). The van der Waals surface area contributed by atoms with E-state index >= 15 is 0 Å². The van der Waals surface area contributed by atoms with Crippen molar-refractivity contribution < 1.29 is 9.59 Å². The summed E-state index contributed by atoms with van der Waals surface area (Å²) in [5.41, 5.74) is 1.24. The molecule has 2 saturated heterocycles. The summed E-state index contributed by atoms with van der Waals surface area (Å²) in [6.45, 7) is 6.50. The molecule has 3 heterocycles. The summed E-state index contributed by atoms with van der Waals surface area (Å²) < 4.78 is 0. The SMILES string of the molecule is CCCCCCN1C(N2CCN(c3ccccc3)CC2)=NC2C1C(=O)N(C)C(=O)N2C. The number of para-hydroxylation sites is 1. The Morgan fingerprint density at radius 1 is 0.935 bits per heavy atom. The first-order valence-corrected chi connectivity index (χ1v) is 11.5. The predicted molar refractivity (Wildman–Crippen MR) is 122 cm³/mol. The van der Waals surface area contributed by atoms with Crippen molar-refractivity contribution in [2.75, 3.05) is 51.7 Å². The van der Waals surface area contributed by atoms with Crippen LogP contribution in [0, 0.1) is 0 Å². The molecule has 0 bridgehead atoms. The Labute approximate surface area is 185 Å². The average Bonchev–Trinajstić information content (AvgIpc) is 3.19. The summed E-state index contributed by atoms with van der Waals surface area (Å²) in [6.07, 6.45) is 4.08. The third-order valence-corrected chi connectivity index (χ3v) is 6.63. The molecule has 31 heavy (non-hydrogen) atoms. The number of fused-ring (bicyclic) bond motifs is 1. The molecule has 1 aromatic rings. The normalized spacial score (nSPS) is 24.1. The Balaban J connectivity index is 1.51. The molecule has 0 radical (unpaired) electrons. The molecule has 3 amide bonds. The average molecular weight is 427 g/mol. The third kappa shape index (κ3) is 4.07. The van der Waals surface area contributed by atoms with Crippen molar-refractivity contribution in [1.29, 1.82) is 0 Å². The van der Waals surface area contributed by atoms with Crippen molar-refractivity contribution in [1.82, 2.24) is 19.6 Å². The van der Waals surface area contributed by atoms with Crippen LogP contribution in [-0.2, 0) is 4.79 Å². The highest BCUT2D eigenvalue weighted by Crippen LogP contribution is 2.29. The number of nitrogens with zero attached hydrogens (tertiary/aromatic N) is 6. The Kier molecular flexibility index (Phi) is 6.34. The number of hydrogen-bond donors (Lipinski definition) is 0. The van der Waals surface area contributed by atoms with E-state index in [1.165, 1.54) is 23.4 Å². The van der Waals surface area contributed by atoms with Gasteiger partial charge >= 0.3 is 6.03 Å². The minimum Gasteiger partial charge on any atom is -0.368 e. The topological polar surface area (TPSA) is 62.7 Å². The van der Waals surface area contributed by atoms with E-state index < -0.39 is 12.2 Å². The summed E-state index contributed by atoms with van der Waals surface area (Å²) in [4.78, 5) is 40.2. The number of unbranched alkanes of at least 4 members (excludes halogenated alkanes) is 3. The van der Waals surface area contributed by atoms with Crippen LogP contribution < -0.4 is 4.90 Å². The van der Waals surface area contributed by atoms with E-state index in [-0.39, 0.29) is 11.9 Å². The molecule has 8 heteroatoms. The van der Waals surface area contributed by atoms with Crippen LogP contribution in [-0.4, -0.2) is 96.5 Å². The second-order valence-electron chi connectivity index (χ2n) is 8.64. The van der Waals surface area contributed by atoms with Crippen molar-refractivity contribution >= 4 is 23.6 Å². The first kappa shape index (κ1) is 21.5. The second kappa shape index (κ2) is 9.16. The van der Waals surface area contributed by atoms with Crippen molar-refractivity contribution in [2.24, 2.45) is 4.99 Å². The number of anilines is 1. The number of benzene rings is 1. The Morgan fingerprint density at radius 2 is 1.61 bits per heavy atom. The fourth-order valence-electron chi connectivity index (χ4n) is 4.76. The monoisotopic (exact) mass is 426 g/mol. The molecule has 3 aliphatic heterocycles. The lowest BCUT2D eigenvalue weighted by atomic mass is 10.1. The molecule has 0 aliphatic carbocycles. The van der Waals surface area contributed by atoms with Crippen LogP contribution in [0.5, 0.6) is 0 Å². The standard InChI is InChI=1S/C23H34N6O2/c1-4-5-6-10-13-29-19-20(25(2)23(31)26(3)21(19)30)24-22(29)28-16-14-27(15-17-28)18-11-8-7-9-12-18/h7-9,11-12,19-20H,4-6,10,13-17H2,1-3H3. The van der Waals surface area contributed by atoms with Gasteiger partial charge in [-0.05, 0) is 18.6 Å². The summed E-state index contributed by atoms with van der Waals surface area (Å²) in [7, 11) is 3.32. The molecule has 0 aromatic heterocycles. The number of amides is 3. The van der Waals surface area contributed by atoms with Gasteiger partial charge in [-0.3, -0.25) is 9.69 Å². The maximum absolute atomic E-state index is 13.1. The van der Waals surface area contributed by atoms with Gasteiger partial charge in [0.05, 0.1) is 0 Å². The van der Waals surface area contributed by atoms with Crippen LogP contribution in [0.2, 0.25) is 0 Å². The highest BCUT2D eigenvalue weighted by atomic mass is 16.2. The van der Waals surface area contributed by atoms with Gasteiger partial charge in [0.1, 0.15) is 0 Å². The van der Waals surface area contributed by atoms with E-state index in [9.17, 15) is 9.59 Å². The second-order valence-corrected chi connectivity index (χ2v) is 8.64. The molecule has 2 atom stereocenters. The van der Waals surface area contributed by atoms with Gasteiger partial charge < -0.3 is 19.6 Å². The van der Waals surface area contributed by atoms with Gasteiger partial charge in [-0.15, -0.1) is 0 Å². The van der Waals surface area contributed by atoms with Crippen LogP contribution in [0.3, 0.4) is 0 Å². The predicted octanol–water partition coefficient (Wildman–Crippen LogP) is 2.28. The van der Waals surface area contributed by atoms with Gasteiger partial charge in [-0.25, -0.2) is 9.79 Å². The molecule has 2 fully saturated rings. The number of urea groups is 1. The number of carbonyl (C=O) groups is 2. The molecule has 8 nitrogen and oxygen atoms in total. The van der Waals surface area contributed by atoms with Crippen molar-refractivity contribution in [3.8, 4) is 0 Å². The quantitative estimate of drug-likeness (QED) is 0.653. The Bertz CT molecular complexity index is 821. The zero-order chi connectivity index (χ0) is 22.0. The van der Waals surface area contributed by atoms with E-state index in [0.717, 1.165) is 51.5 Å². The lowest BCUT2D eigenvalue weighted by molar-refractivity contribution is -0.136. The summed E-state index contributed by atoms with van der Waals surface area (Å²) in [5.74, 6) is 0.729. The van der Waals surface area contributed by atoms with Crippen LogP contribution >= 0.6 is 0 Å². The minimum atomic E-state index is -0.440. The maximum atomic E-state index is 13.1. The first-order valence-electron chi connectivity index (χ1n) is 11.5. The molecular weight excluding hydrogens is 392 g/mol. The third-order valence-electron chi connectivity index (χ3n) is 6.63. The number of imide groups is 1. The minimum absolute atomic E-state index is 0.148. The van der Waals surface area contributed by atoms with E-state index in [1.807, 2.05) is 6.07 Å². The number of piperazine rings is 1. The van der Waals surface area contributed by atoms with Crippen LogP contribution in [0.4, 0.5) is 10.5 Å². The molecular formula is C23H34N6O2. The molecule has 1 aromatic carbocycles. The van der Waals surface area contributed by atoms with Crippen LogP contribution in [0.25, 0.3) is 0 Å². The van der Waals surface area contributed by atoms with Crippen LogP contribution in [0.1, 0.15) is 32.6 Å². The van der Waals surface area contributed by atoms with E-state index in [2.05, 4.69) is 45.9 Å². The van der Waals surface area contributed by atoms with Crippen molar-refractivity contribution in [2.45, 2.75) is 44.8 Å². The number of hydrogen-bond acceptors (Lipinski definition) is 6. The van der Waals surface area contributed by atoms with E-state index in [0.29, 0.717) is 0 Å². The molecule has 168 valence electrons. The van der Waals surface area contributed by atoms with Crippen molar-refractivity contribution in [3.05, 3.63) is 30.3 Å². The van der Waals surface area contributed by atoms with Gasteiger partial charge in [-0.1, -0.05) is 44.4 Å². The zero-order valence-electron chi connectivity index (χ0n) is 18.9. The molecule has 0 spiro atoms. The van der Waals surface area contributed by atoms with Crippen LogP contribution in [0.15, 0.2) is 35.3 Å². The van der Waals surface area contributed by atoms with Crippen molar-refractivity contribution in [3.63, 3.8) is 0 Å². The number of likely N-dealkylation sites (N-methyl/N-ethyl adjacent to an activating group) is 2. The Morgan fingerprint density at radius 3 is 2.29 bits per heavy atom. The van der Waals surface area contributed by atoms with Gasteiger partial charge in [0, 0.05) is 52.5 Å². The van der Waals surface area contributed by atoms with E-state index in [1.54, 1.807) is 19.0 Å². The Hall–Kier alpha value is -2.77. The largest absolute Gasteiger partial charge is 0.368 e. The fraction of sp³-hybridized carbons (Fsp3) is 0.609.